The maximum absolute atomic E-state index is 13.0. The van der Waals surface area contributed by atoms with E-state index in [1.54, 1.807) is 34.4 Å². The van der Waals surface area contributed by atoms with E-state index in [0.29, 0.717) is 22.6 Å². The average Bonchev–Trinajstić information content (AvgIpc) is 3.40. The summed E-state index contributed by atoms with van der Waals surface area (Å²) in [4.78, 5) is 17.6. The largest absolute Gasteiger partial charge is 0.415 e. The smallest absolute Gasteiger partial charge is 0.277 e. The lowest BCUT2D eigenvalue weighted by atomic mass is 9.98. The number of thiophene rings is 2. The topological polar surface area (TPSA) is 59.2 Å². The van der Waals surface area contributed by atoms with Crippen LogP contribution in [0.4, 0.5) is 0 Å². The first-order valence-electron chi connectivity index (χ1n) is 8.09. The summed E-state index contributed by atoms with van der Waals surface area (Å²) >= 11 is 6.43. The highest BCUT2D eigenvalue weighted by Crippen LogP contribution is 2.39. The minimum Gasteiger partial charge on any atom is -0.415 e. The molecule has 26 heavy (non-hydrogen) atoms. The van der Waals surface area contributed by atoms with Crippen molar-refractivity contribution in [2.75, 3.05) is 18.6 Å². The lowest BCUT2D eigenvalue weighted by Gasteiger charge is -2.35. The van der Waals surface area contributed by atoms with Crippen molar-refractivity contribution in [1.82, 2.24) is 15.1 Å². The molecule has 1 unspecified atom stereocenters. The van der Waals surface area contributed by atoms with E-state index in [2.05, 4.69) is 33.1 Å². The number of hydrogen-bond donors (Lipinski definition) is 0. The quantitative estimate of drug-likeness (QED) is 0.550. The molecule has 1 atom stereocenters. The second-order valence-electron chi connectivity index (χ2n) is 5.74. The van der Waals surface area contributed by atoms with Gasteiger partial charge in [0.05, 0.1) is 17.5 Å². The van der Waals surface area contributed by atoms with Crippen LogP contribution in [0.25, 0.3) is 0 Å². The van der Waals surface area contributed by atoms with Crippen LogP contribution < -0.4 is 0 Å². The molecule has 9 heteroatoms. The molecule has 0 bridgehead atoms. The first kappa shape index (κ1) is 18.1. The molecule has 5 nitrogen and oxygen atoms in total. The van der Waals surface area contributed by atoms with Gasteiger partial charge >= 0.3 is 0 Å². The fraction of sp³-hybridized carbons (Fsp3) is 0.353. The van der Waals surface area contributed by atoms with Gasteiger partial charge in [-0.15, -0.1) is 32.9 Å². The van der Waals surface area contributed by atoms with E-state index in [-0.39, 0.29) is 11.9 Å². The number of carbonyl (C=O) groups excluding carboxylic acids is 1. The van der Waals surface area contributed by atoms with Crippen molar-refractivity contribution in [1.29, 1.82) is 0 Å². The monoisotopic (exact) mass is 423 g/mol. The van der Waals surface area contributed by atoms with Gasteiger partial charge in [0.2, 0.25) is 11.8 Å². The third kappa shape index (κ3) is 3.71. The standard InChI is InChI=1S/C17H17N3O2S4/c1-23-9-14-18-19-17(22-14)26-10-15(21)20-6-4-12-11(5-8-25-12)16(20)13-3-2-7-24-13/h2-3,5,7-8,16H,4,6,9-10H2,1H3. The molecular formula is C17H17N3O2S4. The summed E-state index contributed by atoms with van der Waals surface area (Å²) in [5, 5.41) is 12.7. The number of aromatic nitrogens is 2. The van der Waals surface area contributed by atoms with Crippen molar-refractivity contribution in [2.24, 2.45) is 0 Å². The number of fused-ring (bicyclic) bond motifs is 1. The molecule has 4 heterocycles. The van der Waals surface area contributed by atoms with Crippen LogP contribution in [-0.2, 0) is 17.0 Å². The van der Waals surface area contributed by atoms with E-state index in [0.717, 1.165) is 13.0 Å². The highest BCUT2D eigenvalue weighted by Gasteiger charge is 2.33. The van der Waals surface area contributed by atoms with E-state index in [1.165, 1.54) is 27.1 Å². The normalized spacial score (nSPS) is 16.7. The molecule has 3 aromatic heterocycles. The fourth-order valence-electron chi connectivity index (χ4n) is 3.02. The summed E-state index contributed by atoms with van der Waals surface area (Å²) in [5.41, 5.74) is 1.27. The molecule has 0 aliphatic carbocycles. The van der Waals surface area contributed by atoms with E-state index >= 15 is 0 Å². The molecule has 3 aromatic rings. The Morgan fingerprint density at radius 1 is 1.35 bits per heavy atom. The molecule has 0 N–H and O–H groups in total. The molecule has 136 valence electrons. The third-order valence-electron chi connectivity index (χ3n) is 4.13. The first-order chi connectivity index (χ1) is 12.8. The van der Waals surface area contributed by atoms with Crippen LogP contribution in [0.2, 0.25) is 0 Å². The van der Waals surface area contributed by atoms with Crippen LogP contribution in [-0.4, -0.2) is 39.6 Å². The summed E-state index contributed by atoms with van der Waals surface area (Å²) in [7, 11) is 0. The molecule has 0 spiro atoms. The van der Waals surface area contributed by atoms with Crippen LogP contribution >= 0.6 is 46.2 Å². The van der Waals surface area contributed by atoms with Gasteiger partial charge in [-0.05, 0) is 41.1 Å². The molecule has 0 aromatic carbocycles. The minimum absolute atomic E-state index is 0.0211. The highest BCUT2D eigenvalue weighted by atomic mass is 32.2. The first-order valence-corrected chi connectivity index (χ1v) is 12.2. The maximum atomic E-state index is 13.0. The molecule has 0 fully saturated rings. The van der Waals surface area contributed by atoms with Crippen LogP contribution in [0.1, 0.15) is 27.3 Å². The van der Waals surface area contributed by atoms with Gasteiger partial charge in [-0.3, -0.25) is 4.79 Å². The van der Waals surface area contributed by atoms with E-state index in [1.807, 2.05) is 17.2 Å². The van der Waals surface area contributed by atoms with Gasteiger partial charge in [-0.1, -0.05) is 17.8 Å². The number of hydrogen-bond acceptors (Lipinski definition) is 8. The second kappa shape index (κ2) is 8.16. The molecule has 0 saturated carbocycles. The lowest BCUT2D eigenvalue weighted by Crippen LogP contribution is -2.40. The molecule has 1 aliphatic rings. The van der Waals surface area contributed by atoms with Gasteiger partial charge in [0.25, 0.3) is 5.22 Å². The van der Waals surface area contributed by atoms with Crippen LogP contribution in [0.15, 0.2) is 38.6 Å². The lowest BCUT2D eigenvalue weighted by molar-refractivity contribution is -0.130. The summed E-state index contributed by atoms with van der Waals surface area (Å²) < 4.78 is 5.56. The SMILES string of the molecule is CSCc1nnc(SCC(=O)N2CCc3sccc3C2c2cccs2)o1. The Hall–Kier alpha value is -1.29. The third-order valence-corrected chi connectivity index (χ3v) is 7.39. The van der Waals surface area contributed by atoms with Gasteiger partial charge in [-0.25, -0.2) is 0 Å². The van der Waals surface area contributed by atoms with Crippen molar-refractivity contribution in [2.45, 2.75) is 23.4 Å². The molecule has 1 amide bonds. The molecule has 4 rings (SSSR count). The number of thioether (sulfide) groups is 2. The van der Waals surface area contributed by atoms with Crippen molar-refractivity contribution >= 4 is 52.1 Å². The van der Waals surface area contributed by atoms with E-state index in [4.69, 9.17) is 4.42 Å². The summed E-state index contributed by atoms with van der Waals surface area (Å²) in [5.74, 6) is 1.71. The molecule has 0 radical (unpaired) electrons. The molecule has 1 aliphatic heterocycles. The predicted octanol–water partition coefficient (Wildman–Crippen LogP) is 4.32. The molecule has 0 saturated heterocycles. The minimum atomic E-state index is 0.0211. The maximum Gasteiger partial charge on any atom is 0.277 e. The Labute approximate surface area is 168 Å². The number of nitrogens with zero attached hydrogens (tertiary/aromatic N) is 3. The van der Waals surface area contributed by atoms with Crippen LogP contribution in [0.3, 0.4) is 0 Å². The fourth-order valence-corrected chi connectivity index (χ4v) is 5.81. The van der Waals surface area contributed by atoms with Gasteiger partial charge in [0, 0.05) is 16.3 Å². The molecular weight excluding hydrogens is 406 g/mol. The van der Waals surface area contributed by atoms with Gasteiger partial charge in [-0.2, -0.15) is 11.8 Å². The Morgan fingerprint density at radius 2 is 2.27 bits per heavy atom. The number of amides is 1. The Bertz CT molecular complexity index is 874. The number of rotatable bonds is 6. The summed E-state index contributed by atoms with van der Waals surface area (Å²) in [6, 6.07) is 6.34. The van der Waals surface area contributed by atoms with Crippen molar-refractivity contribution in [3.63, 3.8) is 0 Å². The zero-order valence-corrected chi connectivity index (χ0v) is 17.3. The van der Waals surface area contributed by atoms with Gasteiger partial charge < -0.3 is 9.32 Å². The van der Waals surface area contributed by atoms with Crippen LogP contribution in [0, 0.1) is 0 Å². The Morgan fingerprint density at radius 3 is 3.08 bits per heavy atom. The van der Waals surface area contributed by atoms with Crippen molar-refractivity contribution in [3.05, 3.63) is 50.2 Å². The summed E-state index contributed by atoms with van der Waals surface area (Å²) in [6.45, 7) is 0.747. The zero-order valence-electron chi connectivity index (χ0n) is 14.1. The van der Waals surface area contributed by atoms with Crippen LogP contribution in [0.5, 0.6) is 0 Å². The second-order valence-corrected chi connectivity index (χ2v) is 9.51. The van der Waals surface area contributed by atoms with Gasteiger partial charge in [0.1, 0.15) is 0 Å². The van der Waals surface area contributed by atoms with Gasteiger partial charge in [0.15, 0.2) is 0 Å². The van der Waals surface area contributed by atoms with E-state index in [9.17, 15) is 4.79 Å². The zero-order chi connectivity index (χ0) is 17.9. The highest BCUT2D eigenvalue weighted by molar-refractivity contribution is 7.99. The van der Waals surface area contributed by atoms with Crippen molar-refractivity contribution < 1.29 is 9.21 Å². The summed E-state index contributed by atoms with van der Waals surface area (Å²) in [6.07, 6.45) is 2.91. The number of carbonyl (C=O) groups is 1. The van der Waals surface area contributed by atoms with Crippen molar-refractivity contribution in [3.8, 4) is 0 Å². The average molecular weight is 424 g/mol. The van der Waals surface area contributed by atoms with E-state index < -0.39 is 0 Å². The predicted molar refractivity (Wildman–Crippen MR) is 108 cm³/mol. The Balaban J connectivity index is 1.49. The Kier molecular flexibility index (Phi) is 5.68.